The summed E-state index contributed by atoms with van der Waals surface area (Å²) in [6.45, 7) is 6.49. The van der Waals surface area contributed by atoms with Crippen LogP contribution in [0.1, 0.15) is 31.3 Å². The second-order valence-electron chi connectivity index (χ2n) is 6.47. The molecule has 1 aromatic rings. The summed E-state index contributed by atoms with van der Waals surface area (Å²) in [5, 5.41) is 3.45. The van der Waals surface area contributed by atoms with Crippen LogP contribution in [0.4, 0.5) is 0 Å². The van der Waals surface area contributed by atoms with E-state index < -0.39 is 28.5 Å². The van der Waals surface area contributed by atoms with Gasteiger partial charge in [-0.2, -0.15) is 5.10 Å². The van der Waals surface area contributed by atoms with Gasteiger partial charge in [0.25, 0.3) is 11.3 Å². The quantitative estimate of drug-likeness (QED) is 0.729. The van der Waals surface area contributed by atoms with E-state index in [0.29, 0.717) is 26.3 Å². The van der Waals surface area contributed by atoms with Crippen molar-refractivity contribution < 1.29 is 19.1 Å². The zero-order valence-electron chi connectivity index (χ0n) is 14.1. The molecule has 0 radical (unpaired) electrons. The molecular formula is C15H20ClN3O5. The maximum Gasteiger partial charge on any atom is 0.316 e. The zero-order chi connectivity index (χ0) is 18.1. The third kappa shape index (κ3) is 3.76. The number of nitrogens with zero attached hydrogens (tertiary/aromatic N) is 3. The summed E-state index contributed by atoms with van der Waals surface area (Å²) in [4.78, 5) is 38.8. The van der Waals surface area contributed by atoms with Crippen LogP contribution in [0.15, 0.2) is 4.79 Å². The molecule has 2 rings (SSSR count). The van der Waals surface area contributed by atoms with Crippen molar-refractivity contribution in [1.82, 2.24) is 14.7 Å². The fraction of sp³-hybridized carbons (Fsp3) is 0.600. The van der Waals surface area contributed by atoms with Gasteiger partial charge in [0.1, 0.15) is 0 Å². The Kier molecular flexibility index (Phi) is 5.29. The molecule has 9 heteroatoms. The van der Waals surface area contributed by atoms with Gasteiger partial charge in [0.15, 0.2) is 5.69 Å². The Balaban J connectivity index is 2.49. The van der Waals surface area contributed by atoms with Crippen molar-refractivity contribution in [2.45, 2.75) is 20.8 Å². The molecule has 0 unspecified atom stereocenters. The van der Waals surface area contributed by atoms with Crippen LogP contribution < -0.4 is 10.2 Å². The third-order valence-electron chi connectivity index (χ3n) is 3.48. The maximum atomic E-state index is 12.8. The molecule has 1 aromatic heterocycles. The third-order valence-corrected chi connectivity index (χ3v) is 3.73. The molecule has 8 nitrogen and oxygen atoms in total. The summed E-state index contributed by atoms with van der Waals surface area (Å²) >= 11 is 5.80. The molecule has 0 N–H and O–H groups in total. The Bertz CT molecular complexity index is 717. The standard InChI is InChI=1S/C15H20ClN3O5/c1-15(2,3)14(22)24-11-9(18(4)17-12(16)10(11)20)13(21)19-5-7-23-8-6-19/h5-8H2,1-4H3. The Labute approximate surface area is 144 Å². The van der Waals surface area contributed by atoms with E-state index in [1.54, 1.807) is 20.8 Å². The van der Waals surface area contributed by atoms with Gasteiger partial charge in [-0.3, -0.25) is 19.1 Å². The molecule has 24 heavy (non-hydrogen) atoms. The van der Waals surface area contributed by atoms with Gasteiger partial charge in [0, 0.05) is 20.1 Å². The molecule has 0 aliphatic carbocycles. The van der Waals surface area contributed by atoms with Gasteiger partial charge in [0.2, 0.25) is 10.9 Å². The van der Waals surface area contributed by atoms with E-state index in [1.165, 1.54) is 11.9 Å². The second kappa shape index (κ2) is 6.90. The molecule has 0 bridgehead atoms. The Morgan fingerprint density at radius 2 is 1.83 bits per heavy atom. The summed E-state index contributed by atoms with van der Waals surface area (Å²) < 4.78 is 11.6. The Morgan fingerprint density at radius 1 is 1.25 bits per heavy atom. The molecule has 0 saturated carbocycles. The van der Waals surface area contributed by atoms with E-state index in [0.717, 1.165) is 4.68 Å². The lowest BCUT2D eigenvalue weighted by Gasteiger charge is -2.28. The molecule has 1 saturated heterocycles. The number of morpholine rings is 1. The minimum Gasteiger partial charge on any atom is -0.419 e. The second-order valence-corrected chi connectivity index (χ2v) is 6.82. The largest absolute Gasteiger partial charge is 0.419 e. The summed E-state index contributed by atoms with van der Waals surface area (Å²) in [5.41, 5.74) is -1.74. The number of esters is 1. The first-order valence-corrected chi connectivity index (χ1v) is 7.87. The molecule has 0 aromatic carbocycles. The number of rotatable bonds is 2. The van der Waals surface area contributed by atoms with Crippen LogP contribution >= 0.6 is 11.6 Å². The van der Waals surface area contributed by atoms with E-state index >= 15 is 0 Å². The predicted octanol–water partition coefficient (Wildman–Crippen LogP) is 0.858. The fourth-order valence-corrected chi connectivity index (χ4v) is 2.27. The van der Waals surface area contributed by atoms with Crippen molar-refractivity contribution in [2.75, 3.05) is 26.3 Å². The first-order valence-electron chi connectivity index (χ1n) is 7.49. The van der Waals surface area contributed by atoms with E-state index in [-0.39, 0.29) is 10.8 Å². The van der Waals surface area contributed by atoms with Crippen LogP contribution in [0.25, 0.3) is 0 Å². The van der Waals surface area contributed by atoms with Crippen molar-refractivity contribution >= 4 is 23.5 Å². The van der Waals surface area contributed by atoms with Gasteiger partial charge < -0.3 is 14.4 Å². The number of halogens is 1. The summed E-state index contributed by atoms with van der Waals surface area (Å²) in [6, 6.07) is 0. The van der Waals surface area contributed by atoms with Crippen molar-refractivity contribution in [3.63, 3.8) is 0 Å². The molecule has 1 aliphatic rings. The minimum atomic E-state index is -0.847. The van der Waals surface area contributed by atoms with E-state index in [2.05, 4.69) is 5.10 Å². The number of ether oxygens (including phenoxy) is 2. The van der Waals surface area contributed by atoms with Gasteiger partial charge >= 0.3 is 5.97 Å². The molecule has 1 fully saturated rings. The highest BCUT2D eigenvalue weighted by atomic mass is 35.5. The van der Waals surface area contributed by atoms with Crippen molar-refractivity contribution in [2.24, 2.45) is 12.5 Å². The monoisotopic (exact) mass is 357 g/mol. The van der Waals surface area contributed by atoms with Gasteiger partial charge in [-0.25, -0.2) is 0 Å². The highest BCUT2D eigenvalue weighted by Crippen LogP contribution is 2.22. The smallest absolute Gasteiger partial charge is 0.316 e. The van der Waals surface area contributed by atoms with Crippen LogP contribution in [0.3, 0.4) is 0 Å². The number of aromatic nitrogens is 2. The molecule has 1 amide bonds. The van der Waals surface area contributed by atoms with Crippen molar-refractivity contribution in [1.29, 1.82) is 0 Å². The number of amides is 1. The van der Waals surface area contributed by atoms with Gasteiger partial charge in [-0.15, -0.1) is 0 Å². The summed E-state index contributed by atoms with van der Waals surface area (Å²) in [7, 11) is 1.47. The number of hydrogen-bond donors (Lipinski definition) is 0. The molecule has 1 aliphatic heterocycles. The van der Waals surface area contributed by atoms with Gasteiger partial charge in [0.05, 0.1) is 18.6 Å². The van der Waals surface area contributed by atoms with Crippen LogP contribution in [-0.2, 0) is 16.6 Å². The van der Waals surface area contributed by atoms with E-state index in [9.17, 15) is 14.4 Å². The molecule has 0 spiro atoms. The first kappa shape index (κ1) is 18.4. The average Bonchev–Trinajstić information content (AvgIpc) is 2.51. The van der Waals surface area contributed by atoms with E-state index in [1.807, 2.05) is 0 Å². The van der Waals surface area contributed by atoms with Crippen LogP contribution in [0.5, 0.6) is 5.75 Å². The molecule has 132 valence electrons. The Hall–Kier alpha value is -1.93. The minimum absolute atomic E-state index is 0.107. The fourth-order valence-electron chi connectivity index (χ4n) is 2.07. The van der Waals surface area contributed by atoms with Crippen molar-refractivity contribution in [3.05, 3.63) is 21.1 Å². The van der Waals surface area contributed by atoms with Gasteiger partial charge in [-0.1, -0.05) is 11.6 Å². The number of carbonyl (C=O) groups excluding carboxylic acids is 2. The summed E-state index contributed by atoms with van der Waals surface area (Å²) in [6.07, 6.45) is 0. The van der Waals surface area contributed by atoms with Crippen molar-refractivity contribution in [3.8, 4) is 5.75 Å². The molecule has 2 heterocycles. The first-order chi connectivity index (χ1) is 11.1. The topological polar surface area (TPSA) is 90.7 Å². The lowest BCUT2D eigenvalue weighted by atomic mass is 9.97. The lowest BCUT2D eigenvalue weighted by Crippen LogP contribution is -2.43. The normalized spacial score (nSPS) is 15.3. The Morgan fingerprint density at radius 3 is 2.38 bits per heavy atom. The highest BCUT2D eigenvalue weighted by molar-refractivity contribution is 6.29. The number of carbonyl (C=O) groups is 2. The predicted molar refractivity (Wildman–Crippen MR) is 86.3 cm³/mol. The number of aryl methyl sites for hydroxylation is 1. The van der Waals surface area contributed by atoms with Crippen LogP contribution in [0.2, 0.25) is 5.15 Å². The average molecular weight is 358 g/mol. The maximum absolute atomic E-state index is 12.8. The number of hydrogen-bond acceptors (Lipinski definition) is 6. The van der Waals surface area contributed by atoms with Crippen LogP contribution in [0, 0.1) is 5.41 Å². The summed E-state index contributed by atoms with van der Waals surface area (Å²) in [5.74, 6) is -1.49. The highest BCUT2D eigenvalue weighted by Gasteiger charge is 2.32. The van der Waals surface area contributed by atoms with E-state index in [4.69, 9.17) is 21.1 Å². The lowest BCUT2D eigenvalue weighted by molar-refractivity contribution is -0.143. The van der Waals surface area contributed by atoms with Gasteiger partial charge in [-0.05, 0) is 20.8 Å². The van der Waals surface area contributed by atoms with Crippen LogP contribution in [-0.4, -0.2) is 52.9 Å². The zero-order valence-corrected chi connectivity index (χ0v) is 14.8. The molecular weight excluding hydrogens is 338 g/mol. The molecule has 0 atom stereocenters. The SMILES string of the molecule is Cn1nc(Cl)c(=O)c(OC(=O)C(C)(C)C)c1C(=O)N1CCOCC1.